The lowest BCUT2D eigenvalue weighted by Crippen LogP contribution is -2.02. The molecule has 0 spiro atoms. The van der Waals surface area contributed by atoms with Crippen molar-refractivity contribution in [1.29, 1.82) is 0 Å². The Morgan fingerprint density at radius 2 is 1.41 bits per heavy atom. The van der Waals surface area contributed by atoms with E-state index in [2.05, 4.69) is 67.8 Å². The minimum Gasteiger partial charge on any atom is -0.449 e. The normalized spacial score (nSPS) is 12.2. The summed E-state index contributed by atoms with van der Waals surface area (Å²) >= 11 is 6.93. The van der Waals surface area contributed by atoms with Crippen LogP contribution in [0, 0.1) is 10.7 Å². The molecule has 5 heteroatoms. The molecule has 17 heavy (non-hydrogen) atoms. The van der Waals surface area contributed by atoms with Crippen LogP contribution in [0.15, 0.2) is 30.3 Å². The van der Waals surface area contributed by atoms with Crippen molar-refractivity contribution in [2.45, 2.75) is 0 Å². The number of benzene rings is 2. The number of para-hydroxylation sites is 2. The van der Waals surface area contributed by atoms with E-state index in [0.29, 0.717) is 0 Å². The van der Waals surface area contributed by atoms with Crippen LogP contribution in [-0.2, 0) is 0 Å². The first kappa shape index (κ1) is 12.3. The zero-order valence-electron chi connectivity index (χ0n) is 8.34. The Morgan fingerprint density at radius 3 is 2.12 bits per heavy atom. The monoisotopic (exact) mass is 562 g/mol. The maximum atomic E-state index is 5.90. The van der Waals surface area contributed by atoms with Gasteiger partial charge < -0.3 is 9.47 Å². The van der Waals surface area contributed by atoms with Gasteiger partial charge in [0.15, 0.2) is 23.0 Å². The lowest BCUT2D eigenvalue weighted by atomic mass is 10.2. The predicted octanol–water partition coefficient (Wildman–Crippen LogP) is 5.40. The summed E-state index contributed by atoms with van der Waals surface area (Å²) in [5.41, 5.74) is 0. The first-order valence-electron chi connectivity index (χ1n) is 4.79. The lowest BCUT2D eigenvalue weighted by Gasteiger charge is -2.22. The molecule has 1 aliphatic rings. The molecule has 0 radical (unpaired) electrons. The van der Waals surface area contributed by atoms with Crippen molar-refractivity contribution >= 4 is 67.8 Å². The smallest absolute Gasteiger partial charge is 0.184 e. The second-order valence-electron chi connectivity index (χ2n) is 3.46. The SMILES string of the molecule is Ic1cc2c(c(I)c1I)Oc1ccccc1O2. The van der Waals surface area contributed by atoms with Gasteiger partial charge in [0.1, 0.15) is 0 Å². The fourth-order valence-electron chi connectivity index (χ4n) is 1.57. The molecule has 0 amide bonds. The molecule has 0 aliphatic carbocycles. The predicted molar refractivity (Wildman–Crippen MR) is 91.2 cm³/mol. The number of ether oxygens (including phenoxy) is 2. The number of fused-ring (bicyclic) bond motifs is 2. The fraction of sp³-hybridized carbons (Fsp3) is 0. The second-order valence-corrected chi connectivity index (χ2v) is 6.78. The van der Waals surface area contributed by atoms with Crippen molar-refractivity contribution in [2.24, 2.45) is 0 Å². The highest BCUT2D eigenvalue weighted by Crippen LogP contribution is 2.48. The van der Waals surface area contributed by atoms with E-state index in [1.165, 1.54) is 7.14 Å². The van der Waals surface area contributed by atoms with Crippen molar-refractivity contribution in [3.8, 4) is 23.0 Å². The van der Waals surface area contributed by atoms with E-state index in [-0.39, 0.29) is 0 Å². The molecule has 2 aromatic carbocycles. The summed E-state index contributed by atoms with van der Waals surface area (Å²) in [5, 5.41) is 0. The minimum absolute atomic E-state index is 0.771. The third-order valence-corrected chi connectivity index (χ3v) is 7.43. The largest absolute Gasteiger partial charge is 0.449 e. The van der Waals surface area contributed by atoms with E-state index >= 15 is 0 Å². The minimum atomic E-state index is 0.771. The summed E-state index contributed by atoms with van der Waals surface area (Å²) < 4.78 is 15.2. The van der Waals surface area contributed by atoms with Crippen LogP contribution in [0.2, 0.25) is 0 Å². The summed E-state index contributed by atoms with van der Waals surface area (Å²) in [7, 11) is 0. The highest BCUT2D eigenvalue weighted by atomic mass is 127. The summed E-state index contributed by atoms with van der Waals surface area (Å²) in [6.07, 6.45) is 0. The van der Waals surface area contributed by atoms with E-state index < -0.39 is 0 Å². The zero-order valence-corrected chi connectivity index (χ0v) is 14.8. The molecule has 0 atom stereocenters. The zero-order chi connectivity index (χ0) is 12.0. The summed E-state index contributed by atoms with van der Waals surface area (Å²) in [5.74, 6) is 3.15. The molecule has 1 aliphatic heterocycles. The molecule has 0 unspecified atom stereocenters. The molecule has 1 heterocycles. The van der Waals surface area contributed by atoms with Crippen molar-refractivity contribution in [1.82, 2.24) is 0 Å². The molecular weight excluding hydrogens is 557 g/mol. The van der Waals surface area contributed by atoms with Crippen molar-refractivity contribution in [2.75, 3.05) is 0 Å². The Balaban J connectivity index is 2.18. The maximum Gasteiger partial charge on any atom is 0.184 e. The van der Waals surface area contributed by atoms with Crippen molar-refractivity contribution in [3.05, 3.63) is 41.0 Å². The van der Waals surface area contributed by atoms with Gasteiger partial charge in [0.25, 0.3) is 0 Å². The van der Waals surface area contributed by atoms with E-state index in [9.17, 15) is 0 Å². The quantitative estimate of drug-likeness (QED) is 0.270. The summed E-state index contributed by atoms with van der Waals surface area (Å²) in [6.45, 7) is 0. The molecule has 0 aromatic heterocycles. The van der Waals surface area contributed by atoms with Crippen LogP contribution in [0.25, 0.3) is 0 Å². The molecule has 2 nitrogen and oxygen atoms in total. The first-order chi connectivity index (χ1) is 8.16. The van der Waals surface area contributed by atoms with Gasteiger partial charge >= 0.3 is 0 Å². The van der Waals surface area contributed by atoms with Crippen LogP contribution >= 0.6 is 67.8 Å². The third kappa shape index (κ3) is 2.14. The number of hydrogen-bond acceptors (Lipinski definition) is 2. The van der Waals surface area contributed by atoms with E-state index in [0.717, 1.165) is 26.6 Å². The molecule has 0 bridgehead atoms. The molecule has 0 fully saturated rings. The third-order valence-electron chi connectivity index (χ3n) is 2.36. The molecular formula is C12H5I3O2. The van der Waals surface area contributed by atoms with E-state index in [1.54, 1.807) is 0 Å². The van der Waals surface area contributed by atoms with Gasteiger partial charge in [-0.25, -0.2) is 0 Å². The van der Waals surface area contributed by atoms with Crippen LogP contribution in [0.3, 0.4) is 0 Å². The van der Waals surface area contributed by atoms with Gasteiger partial charge in [0.2, 0.25) is 0 Å². The van der Waals surface area contributed by atoms with E-state index in [1.807, 2.05) is 30.3 Å². The standard InChI is InChI=1S/C12H5I3O2/c13-6-5-9-12(11(15)10(6)14)17-8-4-2-1-3-7(8)16-9/h1-5H. The van der Waals surface area contributed by atoms with Gasteiger partial charge in [-0.1, -0.05) is 12.1 Å². The van der Waals surface area contributed by atoms with Crippen molar-refractivity contribution < 1.29 is 9.47 Å². The second kappa shape index (κ2) is 4.72. The van der Waals surface area contributed by atoms with E-state index in [4.69, 9.17) is 9.47 Å². The highest BCUT2D eigenvalue weighted by Gasteiger charge is 2.23. The van der Waals surface area contributed by atoms with Crippen LogP contribution in [0.4, 0.5) is 0 Å². The number of hydrogen-bond donors (Lipinski definition) is 0. The number of rotatable bonds is 0. The highest BCUT2D eigenvalue weighted by molar-refractivity contribution is 14.1. The van der Waals surface area contributed by atoms with Gasteiger partial charge in [0, 0.05) is 7.14 Å². The first-order valence-corrected chi connectivity index (χ1v) is 8.02. The van der Waals surface area contributed by atoms with Gasteiger partial charge in [-0.05, 0) is 86.0 Å². The maximum absolute atomic E-state index is 5.90. The Bertz CT molecular complexity index is 611. The molecule has 0 N–H and O–H groups in total. The van der Waals surface area contributed by atoms with Gasteiger partial charge in [-0.3, -0.25) is 0 Å². The van der Waals surface area contributed by atoms with Crippen LogP contribution in [0.5, 0.6) is 23.0 Å². The summed E-state index contributed by atoms with van der Waals surface area (Å²) in [4.78, 5) is 0. The molecule has 86 valence electrons. The van der Waals surface area contributed by atoms with Crippen LogP contribution in [-0.4, -0.2) is 0 Å². The van der Waals surface area contributed by atoms with Crippen molar-refractivity contribution in [3.63, 3.8) is 0 Å². The molecule has 3 rings (SSSR count). The number of halogens is 3. The van der Waals surface area contributed by atoms with Crippen LogP contribution in [0.1, 0.15) is 0 Å². The average molecular weight is 562 g/mol. The Labute approximate surface area is 139 Å². The fourth-order valence-corrected chi connectivity index (χ4v) is 3.71. The Morgan fingerprint density at radius 1 is 0.765 bits per heavy atom. The molecule has 0 saturated heterocycles. The summed E-state index contributed by atoms with van der Waals surface area (Å²) in [6, 6.07) is 9.72. The van der Waals surface area contributed by atoms with Gasteiger partial charge in [0.05, 0.1) is 3.57 Å². The lowest BCUT2D eigenvalue weighted by molar-refractivity contribution is 0.357. The topological polar surface area (TPSA) is 18.5 Å². The molecule has 2 aromatic rings. The van der Waals surface area contributed by atoms with Gasteiger partial charge in [-0.15, -0.1) is 0 Å². The molecule has 0 saturated carbocycles. The average Bonchev–Trinajstić information content (AvgIpc) is 2.34. The Kier molecular flexibility index (Phi) is 3.41. The van der Waals surface area contributed by atoms with Gasteiger partial charge in [-0.2, -0.15) is 0 Å². The van der Waals surface area contributed by atoms with Crippen LogP contribution < -0.4 is 9.47 Å². The Hall–Kier alpha value is 0.230.